The Balaban J connectivity index is 1.34. The molecule has 3 saturated carbocycles. The maximum absolute atomic E-state index is 12.0. The minimum Gasteiger partial charge on any atom is -0.491 e. The van der Waals surface area contributed by atoms with Crippen molar-refractivity contribution in [3.05, 3.63) is 23.0 Å². The Hall–Kier alpha value is -1.78. The van der Waals surface area contributed by atoms with Crippen LogP contribution in [-0.4, -0.2) is 30.1 Å². The maximum atomic E-state index is 12.0. The Labute approximate surface area is 236 Å². The average Bonchev–Trinajstić information content (AvgIpc) is 3.34. The number of fused-ring (bicyclic) bond motifs is 7. The number of rotatable bonds is 8. The number of carbonyl (C=O) groups is 2. The molecule has 3 fully saturated rings. The molecule has 5 heteroatoms. The van der Waals surface area contributed by atoms with E-state index in [0.717, 1.165) is 56.9 Å². The first-order valence-electron chi connectivity index (χ1n) is 16.0. The van der Waals surface area contributed by atoms with Crippen LogP contribution >= 0.6 is 0 Å². The standard InChI is InChI=1S/C34H53NO4/c1-8-30(37)38-25-14-16-32(6)24(18-25)11-12-26-27(32)15-17-33(7)28(26)19-34(9-2)31(33)22(4)29(39-34)13-10-21(3)20-35-23(5)36/h11,21,25-28,31H,8-10,12-20H2,1-7H3,(H,35,36)/t21-,25+,26+,27-,28-,31+,32-,33-,34-/m0/s1. The molecule has 0 saturated heterocycles. The second-order valence-electron chi connectivity index (χ2n) is 14.4. The monoisotopic (exact) mass is 539 g/mol. The van der Waals surface area contributed by atoms with Crippen molar-refractivity contribution in [3.63, 3.8) is 0 Å². The van der Waals surface area contributed by atoms with Gasteiger partial charge in [0.2, 0.25) is 5.91 Å². The molecule has 1 N–H and O–H groups in total. The average molecular weight is 540 g/mol. The quantitative estimate of drug-likeness (QED) is 0.256. The van der Waals surface area contributed by atoms with Crippen molar-refractivity contribution in [3.8, 4) is 0 Å². The Morgan fingerprint density at radius 1 is 1.18 bits per heavy atom. The molecule has 4 aliphatic carbocycles. The van der Waals surface area contributed by atoms with Crippen LogP contribution in [0.5, 0.6) is 0 Å². The summed E-state index contributed by atoms with van der Waals surface area (Å²) in [6.45, 7) is 16.3. The lowest BCUT2D eigenvalue weighted by molar-refractivity contribution is -0.151. The summed E-state index contributed by atoms with van der Waals surface area (Å²) >= 11 is 0. The van der Waals surface area contributed by atoms with E-state index in [4.69, 9.17) is 9.47 Å². The number of hydrogen-bond donors (Lipinski definition) is 1. The third kappa shape index (κ3) is 4.78. The van der Waals surface area contributed by atoms with Gasteiger partial charge in [-0.3, -0.25) is 9.59 Å². The molecule has 5 aliphatic rings. The number of esters is 1. The molecule has 0 bridgehead atoms. The van der Waals surface area contributed by atoms with Gasteiger partial charge in [0.25, 0.3) is 0 Å². The van der Waals surface area contributed by atoms with Gasteiger partial charge < -0.3 is 14.8 Å². The second-order valence-corrected chi connectivity index (χ2v) is 14.4. The molecule has 0 aromatic rings. The number of allylic oxidation sites excluding steroid dienone is 2. The largest absolute Gasteiger partial charge is 0.491 e. The van der Waals surface area contributed by atoms with E-state index < -0.39 is 0 Å². The van der Waals surface area contributed by atoms with E-state index in [2.05, 4.69) is 46.0 Å². The van der Waals surface area contributed by atoms with Gasteiger partial charge in [-0.25, -0.2) is 0 Å². The van der Waals surface area contributed by atoms with E-state index in [0.29, 0.717) is 29.6 Å². The van der Waals surface area contributed by atoms with Crippen LogP contribution in [0, 0.1) is 40.4 Å². The summed E-state index contributed by atoms with van der Waals surface area (Å²) in [5.41, 5.74) is 3.57. The summed E-state index contributed by atoms with van der Waals surface area (Å²) in [5.74, 6) is 4.35. The van der Waals surface area contributed by atoms with E-state index in [-0.39, 0.29) is 29.0 Å². The maximum Gasteiger partial charge on any atom is 0.305 e. The van der Waals surface area contributed by atoms with Gasteiger partial charge in [-0.05, 0) is 98.4 Å². The molecule has 9 atom stereocenters. The summed E-state index contributed by atoms with van der Waals surface area (Å²) in [7, 11) is 0. The first-order valence-corrected chi connectivity index (χ1v) is 16.0. The molecule has 218 valence electrons. The van der Waals surface area contributed by atoms with Crippen molar-refractivity contribution in [2.75, 3.05) is 6.54 Å². The third-order valence-electron chi connectivity index (χ3n) is 12.2. The van der Waals surface area contributed by atoms with Crippen LogP contribution in [0.1, 0.15) is 119 Å². The van der Waals surface area contributed by atoms with Gasteiger partial charge in [-0.15, -0.1) is 0 Å². The van der Waals surface area contributed by atoms with Crippen LogP contribution in [0.15, 0.2) is 23.0 Å². The Kier molecular flexibility index (Phi) is 7.78. The number of amides is 1. The topological polar surface area (TPSA) is 64.6 Å². The lowest BCUT2D eigenvalue weighted by Gasteiger charge is -2.58. The molecular formula is C34H53NO4. The fourth-order valence-electron chi connectivity index (χ4n) is 10.1. The van der Waals surface area contributed by atoms with Crippen LogP contribution in [0.3, 0.4) is 0 Å². The van der Waals surface area contributed by atoms with Crippen molar-refractivity contribution >= 4 is 11.9 Å². The van der Waals surface area contributed by atoms with Crippen molar-refractivity contribution in [2.45, 2.75) is 131 Å². The molecule has 0 unspecified atom stereocenters. The minimum absolute atomic E-state index is 0.0501. The number of ether oxygens (including phenoxy) is 2. The first kappa shape index (κ1) is 28.7. The van der Waals surface area contributed by atoms with Gasteiger partial charge in [0.1, 0.15) is 11.7 Å². The van der Waals surface area contributed by atoms with E-state index in [1.807, 2.05) is 6.92 Å². The molecule has 1 amide bonds. The Bertz CT molecular complexity index is 1050. The molecule has 5 nitrogen and oxygen atoms in total. The zero-order valence-electron chi connectivity index (χ0n) is 25.7. The van der Waals surface area contributed by atoms with Crippen molar-refractivity contribution < 1.29 is 19.1 Å². The van der Waals surface area contributed by atoms with Crippen LogP contribution in [-0.2, 0) is 19.1 Å². The number of carbonyl (C=O) groups excluding carboxylic acids is 2. The van der Waals surface area contributed by atoms with E-state index in [1.165, 1.54) is 37.0 Å². The Morgan fingerprint density at radius 3 is 2.64 bits per heavy atom. The predicted molar refractivity (Wildman–Crippen MR) is 155 cm³/mol. The molecule has 0 spiro atoms. The summed E-state index contributed by atoms with van der Waals surface area (Å²) in [6.07, 6.45) is 14.2. The van der Waals surface area contributed by atoms with Crippen molar-refractivity contribution in [1.82, 2.24) is 5.32 Å². The van der Waals surface area contributed by atoms with Crippen molar-refractivity contribution in [2.24, 2.45) is 40.4 Å². The normalized spacial score (nSPS) is 41.4. The van der Waals surface area contributed by atoms with Crippen molar-refractivity contribution in [1.29, 1.82) is 0 Å². The highest BCUT2D eigenvalue weighted by Crippen LogP contribution is 2.72. The van der Waals surface area contributed by atoms with Crippen LogP contribution in [0.4, 0.5) is 0 Å². The summed E-state index contributed by atoms with van der Waals surface area (Å²) in [6, 6.07) is 0. The molecule has 0 radical (unpaired) electrons. The van der Waals surface area contributed by atoms with Gasteiger partial charge in [0, 0.05) is 38.6 Å². The van der Waals surface area contributed by atoms with E-state index in [1.54, 1.807) is 12.5 Å². The molecular weight excluding hydrogens is 486 g/mol. The highest BCUT2D eigenvalue weighted by molar-refractivity contribution is 5.72. The van der Waals surface area contributed by atoms with Crippen LogP contribution in [0.25, 0.3) is 0 Å². The van der Waals surface area contributed by atoms with E-state index >= 15 is 0 Å². The lowest BCUT2D eigenvalue weighted by Crippen LogP contribution is -2.50. The lowest BCUT2D eigenvalue weighted by atomic mass is 9.47. The fraction of sp³-hybridized carbons (Fsp3) is 0.824. The van der Waals surface area contributed by atoms with Gasteiger partial charge in [-0.2, -0.15) is 0 Å². The third-order valence-corrected chi connectivity index (χ3v) is 12.2. The molecule has 0 aromatic heterocycles. The summed E-state index contributed by atoms with van der Waals surface area (Å²) in [5, 5.41) is 2.97. The predicted octanol–water partition coefficient (Wildman–Crippen LogP) is 7.50. The second kappa shape index (κ2) is 10.6. The number of nitrogens with one attached hydrogen (secondary N) is 1. The van der Waals surface area contributed by atoms with Crippen LogP contribution in [0.2, 0.25) is 0 Å². The number of hydrogen-bond acceptors (Lipinski definition) is 4. The van der Waals surface area contributed by atoms with E-state index in [9.17, 15) is 9.59 Å². The summed E-state index contributed by atoms with van der Waals surface area (Å²) in [4.78, 5) is 23.3. The molecule has 0 aromatic carbocycles. The van der Waals surface area contributed by atoms with Gasteiger partial charge >= 0.3 is 5.97 Å². The van der Waals surface area contributed by atoms with Gasteiger partial charge in [-0.1, -0.05) is 46.3 Å². The fourth-order valence-corrected chi connectivity index (χ4v) is 10.1. The van der Waals surface area contributed by atoms with Gasteiger partial charge in [0.05, 0.1) is 5.76 Å². The zero-order chi connectivity index (χ0) is 28.2. The molecule has 5 rings (SSSR count). The highest BCUT2D eigenvalue weighted by Gasteiger charge is 2.68. The highest BCUT2D eigenvalue weighted by atomic mass is 16.5. The molecule has 1 aliphatic heterocycles. The Morgan fingerprint density at radius 2 is 1.95 bits per heavy atom. The molecule has 39 heavy (non-hydrogen) atoms. The smallest absolute Gasteiger partial charge is 0.305 e. The SMILES string of the molecule is CCC(=O)O[C@@H]1CC[C@@]2(C)C(=CC[C@H]3[C@@H]4C[C@]5(CC)OC(CC[C@H](C)CNC(C)=O)=C(C)[C@@H]5[C@@]4(C)CC[C@@H]32)C1. The first-order chi connectivity index (χ1) is 18.5. The minimum atomic E-state index is -0.0568. The zero-order valence-corrected chi connectivity index (χ0v) is 25.7. The van der Waals surface area contributed by atoms with Gasteiger partial charge in [0.15, 0.2) is 0 Å². The summed E-state index contributed by atoms with van der Waals surface area (Å²) < 4.78 is 12.9. The molecule has 1 heterocycles. The van der Waals surface area contributed by atoms with Crippen LogP contribution < -0.4 is 5.32 Å².